The standard InChI is InChI=1S/C15H15N3OS/c1-9(2)7-10-8-20-15-12(10)14(19)17-13(18-15)11-5-3-4-6-16-11/h3-6,8-9H,7H2,1-2H3,(H,17,18,19). The Bertz CT molecular complexity index is 790. The van der Waals surface area contributed by atoms with Crippen LogP contribution in [0.5, 0.6) is 0 Å². The topological polar surface area (TPSA) is 58.6 Å². The Morgan fingerprint density at radius 1 is 1.35 bits per heavy atom. The molecule has 5 heteroatoms. The second-order valence-electron chi connectivity index (χ2n) is 5.17. The highest BCUT2D eigenvalue weighted by molar-refractivity contribution is 7.16. The van der Waals surface area contributed by atoms with Crippen LogP contribution in [0.25, 0.3) is 21.7 Å². The number of hydrogen-bond acceptors (Lipinski definition) is 4. The number of fused-ring (bicyclic) bond motifs is 1. The van der Waals surface area contributed by atoms with E-state index in [1.54, 1.807) is 17.5 Å². The van der Waals surface area contributed by atoms with Crippen molar-refractivity contribution in [2.75, 3.05) is 0 Å². The van der Waals surface area contributed by atoms with Crippen LogP contribution in [-0.4, -0.2) is 15.0 Å². The first-order valence-corrected chi connectivity index (χ1v) is 7.45. The van der Waals surface area contributed by atoms with Crippen LogP contribution >= 0.6 is 11.3 Å². The van der Waals surface area contributed by atoms with Crippen LogP contribution in [0.2, 0.25) is 0 Å². The van der Waals surface area contributed by atoms with Crippen molar-refractivity contribution >= 4 is 21.6 Å². The van der Waals surface area contributed by atoms with Gasteiger partial charge in [0.2, 0.25) is 0 Å². The van der Waals surface area contributed by atoms with Gasteiger partial charge >= 0.3 is 0 Å². The Morgan fingerprint density at radius 2 is 2.20 bits per heavy atom. The molecule has 0 aromatic carbocycles. The van der Waals surface area contributed by atoms with E-state index in [0.717, 1.165) is 22.2 Å². The third-order valence-corrected chi connectivity index (χ3v) is 4.01. The van der Waals surface area contributed by atoms with Crippen molar-refractivity contribution in [3.05, 3.63) is 45.7 Å². The highest BCUT2D eigenvalue weighted by Gasteiger charge is 2.13. The van der Waals surface area contributed by atoms with E-state index in [4.69, 9.17) is 0 Å². The Hall–Kier alpha value is -2.01. The maximum atomic E-state index is 12.3. The second kappa shape index (κ2) is 5.17. The van der Waals surface area contributed by atoms with Crippen LogP contribution < -0.4 is 5.56 Å². The minimum atomic E-state index is -0.170. The molecular weight excluding hydrogens is 270 g/mol. The molecule has 3 aromatic rings. The average Bonchev–Trinajstić information content (AvgIpc) is 2.82. The molecule has 1 N–H and O–H groups in total. The van der Waals surface area contributed by atoms with E-state index in [0.29, 0.717) is 17.4 Å². The highest BCUT2D eigenvalue weighted by Crippen LogP contribution is 2.24. The maximum absolute atomic E-state index is 12.3. The Kier molecular flexibility index (Phi) is 3.36. The van der Waals surface area contributed by atoms with Gasteiger partial charge in [0.05, 0.1) is 5.39 Å². The van der Waals surface area contributed by atoms with Gasteiger partial charge in [0.25, 0.3) is 5.56 Å². The van der Waals surface area contributed by atoms with Gasteiger partial charge < -0.3 is 4.98 Å². The molecule has 0 amide bonds. The molecule has 0 aliphatic heterocycles. The number of nitrogens with one attached hydrogen (secondary N) is 1. The molecule has 0 saturated carbocycles. The summed E-state index contributed by atoms with van der Waals surface area (Å²) < 4.78 is 0. The van der Waals surface area contributed by atoms with Crippen molar-refractivity contribution in [1.82, 2.24) is 15.0 Å². The summed E-state index contributed by atoms with van der Waals surface area (Å²) in [5, 5.41) is 2.77. The molecule has 0 bridgehead atoms. The summed E-state index contributed by atoms with van der Waals surface area (Å²) in [6.07, 6.45) is 2.59. The third-order valence-electron chi connectivity index (χ3n) is 3.06. The Morgan fingerprint density at radius 3 is 2.90 bits per heavy atom. The van der Waals surface area contributed by atoms with E-state index in [9.17, 15) is 4.79 Å². The molecule has 102 valence electrons. The lowest BCUT2D eigenvalue weighted by atomic mass is 10.0. The highest BCUT2D eigenvalue weighted by atomic mass is 32.1. The zero-order valence-electron chi connectivity index (χ0n) is 11.4. The van der Waals surface area contributed by atoms with Crippen molar-refractivity contribution in [2.24, 2.45) is 5.92 Å². The SMILES string of the molecule is CC(C)Cc1csc2[nH]c(-c3ccccn3)nc(=O)c12. The molecule has 0 unspecified atom stereocenters. The minimum absolute atomic E-state index is 0.170. The van der Waals surface area contributed by atoms with E-state index in [1.165, 1.54) is 0 Å². The van der Waals surface area contributed by atoms with Crippen LogP contribution in [0.1, 0.15) is 19.4 Å². The number of rotatable bonds is 3. The molecule has 0 radical (unpaired) electrons. The Balaban J connectivity index is 2.15. The summed E-state index contributed by atoms with van der Waals surface area (Å²) in [5.74, 6) is 1.05. The predicted octanol–water partition coefficient (Wildman–Crippen LogP) is 3.25. The first-order chi connectivity index (χ1) is 9.65. The molecule has 0 atom stereocenters. The fourth-order valence-electron chi connectivity index (χ4n) is 2.23. The van der Waals surface area contributed by atoms with Gasteiger partial charge in [-0.3, -0.25) is 9.78 Å². The summed E-state index contributed by atoms with van der Waals surface area (Å²) >= 11 is 1.56. The summed E-state index contributed by atoms with van der Waals surface area (Å²) in [4.78, 5) is 24.8. The summed E-state index contributed by atoms with van der Waals surface area (Å²) in [7, 11) is 0. The van der Waals surface area contributed by atoms with E-state index >= 15 is 0 Å². The molecule has 4 nitrogen and oxygen atoms in total. The average molecular weight is 285 g/mol. The van der Waals surface area contributed by atoms with Gasteiger partial charge in [-0.25, -0.2) is 0 Å². The van der Waals surface area contributed by atoms with Gasteiger partial charge in [0, 0.05) is 6.20 Å². The van der Waals surface area contributed by atoms with Crippen LogP contribution in [0.4, 0.5) is 0 Å². The molecule has 3 rings (SSSR count). The summed E-state index contributed by atoms with van der Waals surface area (Å²) in [6.45, 7) is 4.29. The molecule has 20 heavy (non-hydrogen) atoms. The van der Waals surface area contributed by atoms with E-state index in [2.05, 4.69) is 28.8 Å². The normalized spacial score (nSPS) is 11.3. The van der Waals surface area contributed by atoms with Crippen molar-refractivity contribution in [3.63, 3.8) is 0 Å². The number of pyridine rings is 1. The summed E-state index contributed by atoms with van der Waals surface area (Å²) in [6, 6.07) is 5.56. The minimum Gasteiger partial charge on any atom is -0.329 e. The molecule has 3 aromatic heterocycles. The maximum Gasteiger partial charge on any atom is 0.282 e. The third kappa shape index (κ3) is 2.36. The van der Waals surface area contributed by atoms with E-state index in [1.807, 2.05) is 23.6 Å². The van der Waals surface area contributed by atoms with Crippen LogP contribution in [0.15, 0.2) is 34.6 Å². The van der Waals surface area contributed by atoms with Crippen molar-refractivity contribution in [3.8, 4) is 11.5 Å². The van der Waals surface area contributed by atoms with Gasteiger partial charge in [0.1, 0.15) is 10.5 Å². The number of H-pyrrole nitrogens is 1. The van der Waals surface area contributed by atoms with Crippen molar-refractivity contribution in [1.29, 1.82) is 0 Å². The molecule has 0 aliphatic carbocycles. The number of thiophene rings is 1. The summed E-state index contributed by atoms with van der Waals surface area (Å²) in [5.41, 5.74) is 1.60. The van der Waals surface area contributed by atoms with Crippen molar-refractivity contribution < 1.29 is 0 Å². The molecule has 0 fully saturated rings. The number of aromatic amines is 1. The van der Waals surface area contributed by atoms with E-state index < -0.39 is 0 Å². The predicted molar refractivity (Wildman–Crippen MR) is 82.0 cm³/mol. The largest absolute Gasteiger partial charge is 0.329 e. The van der Waals surface area contributed by atoms with Crippen LogP contribution in [0.3, 0.4) is 0 Å². The molecule has 0 spiro atoms. The fraction of sp³-hybridized carbons (Fsp3) is 0.267. The Labute approximate surface area is 120 Å². The lowest BCUT2D eigenvalue weighted by Crippen LogP contribution is -2.10. The van der Waals surface area contributed by atoms with Gasteiger partial charge in [-0.15, -0.1) is 11.3 Å². The van der Waals surface area contributed by atoms with Crippen LogP contribution in [-0.2, 0) is 6.42 Å². The molecule has 0 aliphatic rings. The monoisotopic (exact) mass is 285 g/mol. The fourth-order valence-corrected chi connectivity index (χ4v) is 3.19. The first kappa shape index (κ1) is 13.0. The lowest BCUT2D eigenvalue weighted by molar-refractivity contribution is 0.651. The molecular formula is C15H15N3OS. The molecule has 3 heterocycles. The number of nitrogens with zero attached hydrogens (tertiary/aromatic N) is 2. The second-order valence-corrected chi connectivity index (χ2v) is 6.05. The number of hydrogen-bond donors (Lipinski definition) is 1. The van der Waals surface area contributed by atoms with Gasteiger partial charge in [0.15, 0.2) is 5.82 Å². The zero-order valence-corrected chi connectivity index (χ0v) is 12.2. The van der Waals surface area contributed by atoms with Crippen LogP contribution in [0, 0.1) is 5.92 Å². The quantitative estimate of drug-likeness (QED) is 0.803. The lowest BCUT2D eigenvalue weighted by Gasteiger charge is -2.03. The van der Waals surface area contributed by atoms with Gasteiger partial charge in [-0.1, -0.05) is 19.9 Å². The van der Waals surface area contributed by atoms with E-state index in [-0.39, 0.29) is 5.56 Å². The van der Waals surface area contributed by atoms with Gasteiger partial charge in [-0.2, -0.15) is 4.98 Å². The molecule has 0 saturated heterocycles. The zero-order chi connectivity index (χ0) is 14.1. The smallest absolute Gasteiger partial charge is 0.282 e. The first-order valence-electron chi connectivity index (χ1n) is 6.57. The number of aromatic nitrogens is 3. The van der Waals surface area contributed by atoms with Crippen molar-refractivity contribution in [2.45, 2.75) is 20.3 Å². The van der Waals surface area contributed by atoms with Gasteiger partial charge in [-0.05, 0) is 35.4 Å².